The van der Waals surface area contributed by atoms with Gasteiger partial charge in [0.15, 0.2) is 0 Å². The van der Waals surface area contributed by atoms with Gasteiger partial charge in [-0.25, -0.2) is 9.33 Å². The van der Waals surface area contributed by atoms with Crippen LogP contribution in [0.15, 0.2) is 29.6 Å². The number of nitro benzene ring substituents is 1. The Kier molecular flexibility index (Phi) is 4.32. The van der Waals surface area contributed by atoms with Crippen LogP contribution in [0, 0.1) is 10.1 Å². The molecule has 1 saturated carbocycles. The van der Waals surface area contributed by atoms with Gasteiger partial charge in [-0.1, -0.05) is 12.1 Å². The van der Waals surface area contributed by atoms with E-state index in [-0.39, 0.29) is 16.7 Å². The summed E-state index contributed by atoms with van der Waals surface area (Å²) in [6, 6.07) is 6.73. The predicted octanol–water partition coefficient (Wildman–Crippen LogP) is 4.11. The van der Waals surface area contributed by atoms with Gasteiger partial charge in [-0.05, 0) is 24.8 Å². The number of nitrogens with zero attached hydrogens (tertiary/aromatic N) is 2. The molecule has 1 aromatic carbocycles. The number of nitro groups is 1. The summed E-state index contributed by atoms with van der Waals surface area (Å²) < 4.78 is 3.10. The van der Waals surface area contributed by atoms with Crippen molar-refractivity contribution in [2.24, 2.45) is 0 Å². The van der Waals surface area contributed by atoms with Gasteiger partial charge >= 0.3 is 0 Å². The van der Waals surface area contributed by atoms with Crippen molar-refractivity contribution in [3.8, 4) is 0 Å². The van der Waals surface area contributed by atoms with Crippen molar-refractivity contribution in [2.45, 2.75) is 31.2 Å². The molecule has 110 valence electrons. The van der Waals surface area contributed by atoms with E-state index in [4.69, 9.17) is 4.98 Å². The number of non-ortho nitro benzene ring substituents is 1. The van der Waals surface area contributed by atoms with Crippen LogP contribution in [-0.2, 0) is 6.42 Å². The molecule has 1 aliphatic carbocycles. The van der Waals surface area contributed by atoms with E-state index in [1.807, 2.05) is 0 Å². The van der Waals surface area contributed by atoms with Crippen molar-refractivity contribution in [1.29, 1.82) is 0 Å². The minimum Gasteiger partial charge on any atom is -0.258 e. The van der Waals surface area contributed by atoms with Gasteiger partial charge in [-0.15, -0.1) is 11.3 Å². The first-order valence-corrected chi connectivity index (χ1v) is 8.39. The van der Waals surface area contributed by atoms with Crippen LogP contribution in [0.3, 0.4) is 0 Å². The number of halogens is 1. The highest BCUT2D eigenvalue weighted by atomic mass is 79.9. The van der Waals surface area contributed by atoms with E-state index in [1.54, 1.807) is 23.5 Å². The van der Waals surface area contributed by atoms with E-state index in [0.29, 0.717) is 5.92 Å². The normalized spacial score (nSPS) is 15.9. The Morgan fingerprint density at radius 2 is 2.14 bits per heavy atom. The van der Waals surface area contributed by atoms with E-state index in [1.165, 1.54) is 30.0 Å². The minimum absolute atomic E-state index is 0.0650. The highest BCUT2D eigenvalue weighted by Crippen LogP contribution is 2.42. The van der Waals surface area contributed by atoms with Gasteiger partial charge < -0.3 is 0 Å². The van der Waals surface area contributed by atoms with Gasteiger partial charge in [-0.3, -0.25) is 10.1 Å². The summed E-state index contributed by atoms with van der Waals surface area (Å²) in [7, 11) is 0. The van der Waals surface area contributed by atoms with Crippen molar-refractivity contribution >= 4 is 33.2 Å². The molecule has 0 unspecified atom stereocenters. The van der Waals surface area contributed by atoms with Crippen LogP contribution in [-0.4, -0.2) is 9.91 Å². The van der Waals surface area contributed by atoms with Crippen LogP contribution >= 0.6 is 27.5 Å². The first-order chi connectivity index (χ1) is 10.2. The Morgan fingerprint density at radius 3 is 2.71 bits per heavy atom. The molecule has 5 nitrogen and oxygen atoms in total. The molecule has 1 N–H and O–H groups in total. The van der Waals surface area contributed by atoms with Gasteiger partial charge in [0.25, 0.3) is 5.69 Å². The van der Waals surface area contributed by atoms with E-state index in [2.05, 4.69) is 25.9 Å². The average molecular weight is 368 g/mol. The molecule has 7 heteroatoms. The molecule has 1 atom stereocenters. The maximum Gasteiger partial charge on any atom is 0.269 e. The lowest BCUT2D eigenvalue weighted by molar-refractivity contribution is -0.384. The zero-order valence-corrected chi connectivity index (χ0v) is 13.6. The summed E-state index contributed by atoms with van der Waals surface area (Å²) >= 11 is 5.04. The van der Waals surface area contributed by atoms with Gasteiger partial charge in [0.05, 0.1) is 21.7 Å². The predicted molar refractivity (Wildman–Crippen MR) is 85.7 cm³/mol. The van der Waals surface area contributed by atoms with Crippen LogP contribution in [0.25, 0.3) is 0 Å². The molecule has 1 aliphatic rings. The van der Waals surface area contributed by atoms with Crippen LogP contribution in [0.2, 0.25) is 0 Å². The van der Waals surface area contributed by atoms with Crippen LogP contribution in [0.1, 0.15) is 41.1 Å². The Balaban J connectivity index is 1.72. The minimum atomic E-state index is -0.383. The van der Waals surface area contributed by atoms with Crippen molar-refractivity contribution < 1.29 is 4.92 Å². The molecular weight excluding hydrogens is 354 g/mol. The first-order valence-electron chi connectivity index (χ1n) is 6.72. The lowest BCUT2D eigenvalue weighted by Gasteiger charge is -2.12. The molecule has 0 amide bonds. The maximum atomic E-state index is 10.7. The fourth-order valence-corrected chi connectivity index (χ4v) is 3.61. The SMILES string of the molecule is O=[N+]([O-])c1ccc(C[C@H](NBr)c2csc(C3CC3)n2)cc1. The summed E-state index contributed by atoms with van der Waals surface area (Å²) in [5.74, 6) is 0.666. The largest absolute Gasteiger partial charge is 0.269 e. The quantitative estimate of drug-likeness (QED) is 0.473. The highest BCUT2D eigenvalue weighted by Gasteiger charge is 2.27. The standard InChI is InChI=1S/C14H14BrN3O2S/c15-17-12(13-8-21-14(16-13)10-3-4-10)7-9-1-5-11(6-2-9)18(19)20/h1-2,5-6,8,10,12,17H,3-4,7H2/t12-/m0/s1. The number of thiazole rings is 1. The molecule has 0 radical (unpaired) electrons. The fraction of sp³-hybridized carbons (Fsp3) is 0.357. The lowest BCUT2D eigenvalue weighted by atomic mass is 10.0. The Bertz CT molecular complexity index is 640. The lowest BCUT2D eigenvalue weighted by Crippen LogP contribution is -2.14. The van der Waals surface area contributed by atoms with E-state index in [9.17, 15) is 10.1 Å². The summed E-state index contributed by atoms with van der Waals surface area (Å²) in [6.45, 7) is 0. The van der Waals surface area contributed by atoms with Crippen molar-refractivity contribution in [2.75, 3.05) is 0 Å². The molecular formula is C14H14BrN3O2S. The zero-order valence-electron chi connectivity index (χ0n) is 11.2. The van der Waals surface area contributed by atoms with Gasteiger partial charge in [0.2, 0.25) is 0 Å². The molecule has 0 bridgehead atoms. The van der Waals surface area contributed by atoms with Crippen molar-refractivity contribution in [1.82, 2.24) is 9.33 Å². The Morgan fingerprint density at radius 1 is 1.43 bits per heavy atom. The van der Waals surface area contributed by atoms with Crippen molar-refractivity contribution in [3.05, 3.63) is 56.0 Å². The zero-order chi connectivity index (χ0) is 14.8. The highest BCUT2D eigenvalue weighted by molar-refractivity contribution is 9.08. The Labute approximate surface area is 134 Å². The number of rotatable bonds is 6. The second kappa shape index (κ2) is 6.21. The molecule has 0 spiro atoms. The van der Waals surface area contributed by atoms with Crippen LogP contribution in [0.4, 0.5) is 5.69 Å². The number of hydrogen-bond donors (Lipinski definition) is 1. The molecule has 3 rings (SSSR count). The van der Waals surface area contributed by atoms with Gasteiger partial charge in [-0.2, -0.15) is 0 Å². The molecule has 21 heavy (non-hydrogen) atoms. The number of aromatic nitrogens is 1. The fourth-order valence-electron chi connectivity index (χ4n) is 2.17. The first kappa shape index (κ1) is 14.6. The smallest absolute Gasteiger partial charge is 0.258 e. The molecule has 2 aromatic rings. The van der Waals surface area contributed by atoms with E-state index >= 15 is 0 Å². The molecule has 1 heterocycles. The summed E-state index contributed by atoms with van der Waals surface area (Å²) in [6.07, 6.45) is 3.24. The van der Waals surface area contributed by atoms with Crippen molar-refractivity contribution in [3.63, 3.8) is 0 Å². The third-order valence-corrected chi connectivity index (χ3v) is 5.12. The van der Waals surface area contributed by atoms with E-state index in [0.717, 1.165) is 17.7 Å². The van der Waals surface area contributed by atoms with Gasteiger partial charge in [0.1, 0.15) is 0 Å². The summed E-state index contributed by atoms with van der Waals surface area (Å²) in [5.41, 5.74) is 2.18. The number of benzene rings is 1. The second-order valence-electron chi connectivity index (χ2n) is 5.17. The third kappa shape index (κ3) is 3.48. The van der Waals surface area contributed by atoms with Gasteiger partial charge in [0, 0.05) is 39.6 Å². The molecule has 1 aromatic heterocycles. The molecule has 0 aliphatic heterocycles. The van der Waals surface area contributed by atoms with Crippen LogP contribution in [0.5, 0.6) is 0 Å². The maximum absolute atomic E-state index is 10.7. The topological polar surface area (TPSA) is 68.1 Å². The average Bonchev–Trinajstić information content (AvgIpc) is 3.23. The van der Waals surface area contributed by atoms with E-state index < -0.39 is 0 Å². The number of hydrogen-bond acceptors (Lipinski definition) is 5. The van der Waals surface area contributed by atoms with Crippen LogP contribution < -0.4 is 4.34 Å². The second-order valence-corrected chi connectivity index (χ2v) is 6.52. The summed E-state index contributed by atoms with van der Waals surface area (Å²) in [4.78, 5) is 15.0. The Hall–Kier alpha value is -1.31. The molecule has 0 saturated heterocycles. The number of nitrogens with one attached hydrogen (secondary N) is 1. The molecule has 1 fully saturated rings. The third-order valence-electron chi connectivity index (χ3n) is 3.54. The summed E-state index contributed by atoms with van der Waals surface area (Å²) in [5, 5.41) is 14.0. The monoisotopic (exact) mass is 367 g/mol.